The first-order valence-electron chi connectivity index (χ1n) is 8.91. The zero-order valence-corrected chi connectivity index (χ0v) is 16.3. The Morgan fingerprint density at radius 3 is 2.37 bits per heavy atom. The molecule has 0 fully saturated rings. The number of hydrogen-bond donors (Lipinski definition) is 1. The van der Waals surface area contributed by atoms with Crippen molar-refractivity contribution >= 4 is 28.8 Å². The van der Waals surface area contributed by atoms with Crippen LogP contribution < -0.4 is 5.32 Å². The van der Waals surface area contributed by atoms with Crippen molar-refractivity contribution < 1.29 is 14.4 Å². The first-order chi connectivity index (χ1) is 13.0. The van der Waals surface area contributed by atoms with Gasteiger partial charge in [-0.3, -0.25) is 19.7 Å². The summed E-state index contributed by atoms with van der Waals surface area (Å²) in [6.45, 7) is 0. The van der Waals surface area contributed by atoms with Gasteiger partial charge in [0, 0.05) is 19.0 Å². The fraction of sp³-hybridized carbons (Fsp3) is 0.286. The van der Waals surface area contributed by atoms with Crippen LogP contribution in [0.15, 0.2) is 47.4 Å². The summed E-state index contributed by atoms with van der Waals surface area (Å²) < 4.78 is 0. The van der Waals surface area contributed by atoms with Gasteiger partial charge < -0.3 is 4.90 Å². The van der Waals surface area contributed by atoms with Gasteiger partial charge in [0.1, 0.15) is 0 Å². The number of aryl methyl sites for hydroxylation is 2. The molecule has 0 unspecified atom stereocenters. The summed E-state index contributed by atoms with van der Waals surface area (Å²) in [7, 11) is 3.48. The van der Waals surface area contributed by atoms with Crippen LogP contribution in [0.5, 0.6) is 0 Å². The highest BCUT2D eigenvalue weighted by Crippen LogP contribution is 2.23. The number of nitrogens with one attached hydrogen (secondary N) is 1. The van der Waals surface area contributed by atoms with Gasteiger partial charge in [-0.25, -0.2) is 0 Å². The van der Waals surface area contributed by atoms with Crippen LogP contribution in [0.25, 0.3) is 0 Å². The highest BCUT2D eigenvalue weighted by molar-refractivity contribution is 8.13. The molecule has 0 atom stereocenters. The van der Waals surface area contributed by atoms with E-state index < -0.39 is 0 Å². The van der Waals surface area contributed by atoms with Gasteiger partial charge in [0.25, 0.3) is 17.1 Å². The number of carbonyl (C=O) groups excluding carboxylic acids is 3. The average molecular weight is 382 g/mol. The molecule has 27 heavy (non-hydrogen) atoms. The van der Waals surface area contributed by atoms with Crippen LogP contribution in [0.3, 0.4) is 0 Å². The molecule has 0 radical (unpaired) electrons. The molecule has 0 aliphatic carbocycles. The molecule has 2 aromatic rings. The van der Waals surface area contributed by atoms with Crippen LogP contribution in [-0.4, -0.2) is 36.0 Å². The molecule has 1 N–H and O–H groups in total. The van der Waals surface area contributed by atoms with E-state index in [4.69, 9.17) is 0 Å². The van der Waals surface area contributed by atoms with Crippen molar-refractivity contribution in [2.75, 3.05) is 14.1 Å². The van der Waals surface area contributed by atoms with Crippen molar-refractivity contribution in [3.05, 3.63) is 64.7 Å². The summed E-state index contributed by atoms with van der Waals surface area (Å²) in [4.78, 5) is 37.9. The van der Waals surface area contributed by atoms with E-state index >= 15 is 0 Å². The summed E-state index contributed by atoms with van der Waals surface area (Å²) in [6.07, 6.45) is 3.64. The number of carbonyl (C=O) groups is 3. The van der Waals surface area contributed by atoms with Gasteiger partial charge in [0.2, 0.25) is 0 Å². The molecular formula is C21H22N2O3S. The van der Waals surface area contributed by atoms with E-state index in [0.717, 1.165) is 36.1 Å². The summed E-state index contributed by atoms with van der Waals surface area (Å²) >= 11 is 1.22. The number of hydrogen-bond acceptors (Lipinski definition) is 4. The number of rotatable bonds is 6. The monoisotopic (exact) mass is 382 g/mol. The Kier molecular flexibility index (Phi) is 5.96. The van der Waals surface area contributed by atoms with Gasteiger partial charge in [-0.2, -0.15) is 0 Å². The van der Waals surface area contributed by atoms with Crippen LogP contribution in [0, 0.1) is 0 Å². The number of unbranched alkanes of at least 4 members (excludes halogenated alkanes) is 1. The van der Waals surface area contributed by atoms with Crippen LogP contribution >= 0.6 is 11.8 Å². The van der Waals surface area contributed by atoms with Crippen molar-refractivity contribution in [2.45, 2.75) is 30.6 Å². The van der Waals surface area contributed by atoms with E-state index in [2.05, 4.69) is 17.4 Å². The molecule has 0 bridgehead atoms. The highest BCUT2D eigenvalue weighted by Gasteiger charge is 2.28. The SMILES string of the molecule is CN(C)C(=O)Sc1ccc(CCCCc2cccc3c2C(=O)NC3=O)cc1. The molecule has 1 aliphatic heterocycles. The Bertz CT molecular complexity index is 875. The number of fused-ring (bicyclic) bond motifs is 1. The summed E-state index contributed by atoms with van der Waals surface area (Å²) in [5.41, 5.74) is 3.18. The van der Waals surface area contributed by atoms with E-state index in [1.807, 2.05) is 24.3 Å². The standard InChI is InChI=1S/C21H22N2O3S/c1-23(2)21(26)27-16-12-10-14(11-13-16)6-3-4-7-15-8-5-9-17-18(15)20(25)22-19(17)24/h5,8-13H,3-4,6-7H2,1-2H3,(H,22,24,25). The van der Waals surface area contributed by atoms with Crippen molar-refractivity contribution in [3.63, 3.8) is 0 Å². The summed E-state index contributed by atoms with van der Waals surface area (Å²) in [5, 5.41) is 2.37. The minimum atomic E-state index is -0.303. The molecule has 6 heteroatoms. The maximum Gasteiger partial charge on any atom is 0.285 e. The van der Waals surface area contributed by atoms with E-state index in [1.165, 1.54) is 17.3 Å². The number of imide groups is 1. The molecule has 0 saturated carbocycles. The van der Waals surface area contributed by atoms with Gasteiger partial charge in [-0.1, -0.05) is 24.3 Å². The lowest BCUT2D eigenvalue weighted by molar-refractivity contribution is 0.0879. The molecule has 1 aliphatic rings. The van der Waals surface area contributed by atoms with Crippen LogP contribution in [0.1, 0.15) is 44.7 Å². The van der Waals surface area contributed by atoms with Crippen LogP contribution in [0.4, 0.5) is 4.79 Å². The van der Waals surface area contributed by atoms with Gasteiger partial charge in [0.05, 0.1) is 11.1 Å². The lowest BCUT2D eigenvalue weighted by Gasteiger charge is -2.09. The largest absolute Gasteiger partial charge is 0.339 e. The van der Waals surface area contributed by atoms with Crippen LogP contribution in [-0.2, 0) is 12.8 Å². The van der Waals surface area contributed by atoms with Crippen molar-refractivity contribution in [1.29, 1.82) is 0 Å². The zero-order valence-electron chi connectivity index (χ0n) is 15.5. The van der Waals surface area contributed by atoms with Crippen molar-refractivity contribution in [3.8, 4) is 0 Å². The Hall–Kier alpha value is -2.60. The smallest absolute Gasteiger partial charge is 0.285 e. The lowest BCUT2D eigenvalue weighted by Crippen LogP contribution is -2.20. The topological polar surface area (TPSA) is 66.5 Å². The molecule has 2 aromatic carbocycles. The van der Waals surface area contributed by atoms with E-state index in [0.29, 0.717) is 11.1 Å². The van der Waals surface area contributed by atoms with E-state index in [1.54, 1.807) is 25.1 Å². The van der Waals surface area contributed by atoms with Gasteiger partial charge in [0.15, 0.2) is 0 Å². The molecule has 140 valence electrons. The van der Waals surface area contributed by atoms with E-state index in [9.17, 15) is 14.4 Å². The molecule has 0 saturated heterocycles. The number of amides is 3. The predicted octanol–water partition coefficient (Wildman–Crippen LogP) is 3.91. The fourth-order valence-corrected chi connectivity index (χ4v) is 3.72. The van der Waals surface area contributed by atoms with Gasteiger partial charge >= 0.3 is 0 Å². The van der Waals surface area contributed by atoms with Gasteiger partial charge in [-0.05, 0) is 66.8 Å². The fourth-order valence-electron chi connectivity index (χ4n) is 3.06. The molecular weight excluding hydrogens is 360 g/mol. The zero-order chi connectivity index (χ0) is 19.4. The lowest BCUT2D eigenvalue weighted by atomic mass is 9.97. The second-order valence-corrected chi connectivity index (χ2v) is 7.76. The first kappa shape index (κ1) is 19.2. The average Bonchev–Trinajstić information content (AvgIpc) is 2.95. The third kappa shape index (κ3) is 4.57. The Balaban J connectivity index is 1.51. The molecule has 1 heterocycles. The maximum atomic E-state index is 11.9. The maximum absolute atomic E-state index is 11.9. The van der Waals surface area contributed by atoms with Crippen LogP contribution in [0.2, 0.25) is 0 Å². The minimum Gasteiger partial charge on any atom is -0.339 e. The van der Waals surface area contributed by atoms with Crippen molar-refractivity contribution in [1.82, 2.24) is 10.2 Å². The molecule has 5 nitrogen and oxygen atoms in total. The number of benzene rings is 2. The normalized spacial score (nSPS) is 12.7. The predicted molar refractivity (Wildman–Crippen MR) is 106 cm³/mol. The number of nitrogens with zero attached hydrogens (tertiary/aromatic N) is 1. The van der Waals surface area contributed by atoms with Crippen molar-refractivity contribution in [2.24, 2.45) is 0 Å². The quantitative estimate of drug-likeness (QED) is 0.467. The van der Waals surface area contributed by atoms with Gasteiger partial charge in [-0.15, -0.1) is 0 Å². The molecule has 0 spiro atoms. The summed E-state index contributed by atoms with van der Waals surface area (Å²) in [6, 6.07) is 13.5. The Labute approximate surface area is 163 Å². The third-order valence-corrected chi connectivity index (χ3v) is 5.55. The second kappa shape index (κ2) is 8.39. The molecule has 3 amide bonds. The Morgan fingerprint density at radius 2 is 1.67 bits per heavy atom. The summed E-state index contributed by atoms with van der Waals surface area (Å²) in [5.74, 6) is -0.589. The van der Waals surface area contributed by atoms with E-state index in [-0.39, 0.29) is 17.1 Å². The third-order valence-electron chi connectivity index (χ3n) is 4.50. The Morgan fingerprint density at radius 1 is 0.963 bits per heavy atom. The second-order valence-electron chi connectivity index (χ2n) is 6.74. The molecule has 3 rings (SSSR count). The molecule has 0 aromatic heterocycles. The minimum absolute atomic E-state index is 0.0145. The number of thioether (sulfide) groups is 1. The first-order valence-corrected chi connectivity index (χ1v) is 9.73. The highest BCUT2D eigenvalue weighted by atomic mass is 32.2.